The quantitative estimate of drug-likeness (QED) is 0.463. The van der Waals surface area contributed by atoms with Crippen LogP contribution >= 0.6 is 11.8 Å². The Morgan fingerprint density at radius 2 is 1.35 bits per heavy atom. The molecule has 0 unspecified atom stereocenters. The van der Waals surface area contributed by atoms with E-state index in [4.69, 9.17) is 4.74 Å². The van der Waals surface area contributed by atoms with Gasteiger partial charge in [-0.25, -0.2) is 4.79 Å². The van der Waals surface area contributed by atoms with Crippen LogP contribution in [0.2, 0.25) is 0 Å². The summed E-state index contributed by atoms with van der Waals surface area (Å²) in [6.45, 7) is 8.98. The minimum atomic E-state index is -0.986. The van der Waals surface area contributed by atoms with Crippen LogP contribution < -0.4 is 16.0 Å². The second kappa shape index (κ2) is 11.8. The maximum Gasteiger partial charge on any atom is 0.408 e. The number of benzene rings is 2. The van der Waals surface area contributed by atoms with E-state index in [9.17, 15) is 19.2 Å². The van der Waals surface area contributed by atoms with E-state index in [1.54, 1.807) is 20.8 Å². The second-order valence-corrected chi connectivity index (χ2v) is 12.3. The molecular weight excluding hydrogens is 490 g/mol. The molecule has 37 heavy (non-hydrogen) atoms. The van der Waals surface area contributed by atoms with Gasteiger partial charge in [-0.1, -0.05) is 72.4 Å². The zero-order chi connectivity index (χ0) is 27.2. The van der Waals surface area contributed by atoms with Crippen molar-refractivity contribution in [1.29, 1.82) is 0 Å². The van der Waals surface area contributed by atoms with Gasteiger partial charge in [0.05, 0.1) is 0 Å². The van der Waals surface area contributed by atoms with Gasteiger partial charge in [-0.15, -0.1) is 0 Å². The maximum atomic E-state index is 13.5. The average molecular weight is 526 g/mol. The molecule has 1 aliphatic rings. The SMILES string of the molecule is CC(C)(C)OC(=O)N[C@@H](Cc1ccccc1)C(=O)N[C@@H](Cc1ccccc1)C(=O)N[C@@H]1C(=O)SC1(C)C. The van der Waals surface area contributed by atoms with Crippen LogP contribution in [-0.4, -0.2) is 51.5 Å². The second-order valence-electron chi connectivity index (χ2n) is 10.6. The van der Waals surface area contributed by atoms with E-state index in [1.807, 2.05) is 74.5 Å². The van der Waals surface area contributed by atoms with Crippen LogP contribution in [0.1, 0.15) is 45.7 Å². The molecule has 0 saturated carbocycles. The Bertz CT molecular complexity index is 1120. The van der Waals surface area contributed by atoms with Crippen molar-refractivity contribution in [3.63, 3.8) is 0 Å². The third-order valence-electron chi connectivity index (χ3n) is 5.79. The fourth-order valence-electron chi connectivity index (χ4n) is 3.92. The van der Waals surface area contributed by atoms with Crippen molar-refractivity contribution in [3.8, 4) is 0 Å². The number of thioether (sulfide) groups is 1. The molecule has 9 heteroatoms. The van der Waals surface area contributed by atoms with Crippen LogP contribution in [-0.2, 0) is 32.0 Å². The molecule has 0 aliphatic carbocycles. The first-order chi connectivity index (χ1) is 17.3. The Morgan fingerprint density at radius 1 is 0.865 bits per heavy atom. The Labute approximate surface area is 222 Å². The van der Waals surface area contributed by atoms with Crippen molar-refractivity contribution in [2.45, 2.75) is 75.9 Å². The smallest absolute Gasteiger partial charge is 0.408 e. The lowest BCUT2D eigenvalue weighted by Gasteiger charge is -2.42. The third kappa shape index (κ3) is 8.35. The molecule has 198 valence electrons. The van der Waals surface area contributed by atoms with Crippen molar-refractivity contribution in [3.05, 3.63) is 71.8 Å². The van der Waals surface area contributed by atoms with Gasteiger partial charge >= 0.3 is 6.09 Å². The summed E-state index contributed by atoms with van der Waals surface area (Å²) in [5.41, 5.74) is 0.936. The zero-order valence-corrected chi connectivity index (χ0v) is 22.7. The van der Waals surface area contributed by atoms with Gasteiger partial charge in [0.25, 0.3) is 0 Å². The van der Waals surface area contributed by atoms with E-state index in [1.165, 1.54) is 11.8 Å². The number of carbonyl (C=O) groups is 4. The highest BCUT2D eigenvalue weighted by atomic mass is 32.2. The van der Waals surface area contributed by atoms with E-state index >= 15 is 0 Å². The molecule has 3 amide bonds. The molecule has 0 aromatic heterocycles. The van der Waals surface area contributed by atoms with E-state index in [0.717, 1.165) is 11.1 Å². The Morgan fingerprint density at radius 3 is 1.78 bits per heavy atom. The number of hydrogen-bond donors (Lipinski definition) is 3. The lowest BCUT2D eigenvalue weighted by atomic mass is 10.00. The van der Waals surface area contributed by atoms with Gasteiger partial charge in [-0.3, -0.25) is 14.4 Å². The fourth-order valence-corrected chi connectivity index (χ4v) is 5.01. The lowest BCUT2D eigenvalue weighted by Crippen LogP contribution is -2.63. The van der Waals surface area contributed by atoms with Crippen molar-refractivity contribution < 1.29 is 23.9 Å². The van der Waals surface area contributed by atoms with Crippen LogP contribution in [0.5, 0.6) is 0 Å². The predicted molar refractivity (Wildman–Crippen MR) is 144 cm³/mol. The van der Waals surface area contributed by atoms with E-state index in [0.29, 0.717) is 0 Å². The minimum Gasteiger partial charge on any atom is -0.444 e. The van der Waals surface area contributed by atoms with Crippen molar-refractivity contribution in [1.82, 2.24) is 16.0 Å². The fraction of sp³-hybridized carbons (Fsp3) is 0.429. The molecule has 1 heterocycles. The molecule has 3 rings (SSSR count). The van der Waals surface area contributed by atoms with Gasteiger partial charge in [0.2, 0.25) is 16.9 Å². The summed E-state index contributed by atoms with van der Waals surface area (Å²) in [6.07, 6.45) is -0.306. The highest BCUT2D eigenvalue weighted by Crippen LogP contribution is 2.41. The van der Waals surface area contributed by atoms with Crippen molar-refractivity contribution >= 4 is 34.8 Å². The van der Waals surface area contributed by atoms with E-state index < -0.39 is 46.4 Å². The van der Waals surface area contributed by atoms with Gasteiger partial charge in [0, 0.05) is 17.6 Å². The number of hydrogen-bond acceptors (Lipinski definition) is 6. The van der Waals surface area contributed by atoms with E-state index in [2.05, 4.69) is 16.0 Å². The molecule has 1 aliphatic heterocycles. The van der Waals surface area contributed by atoms with Crippen LogP contribution in [0.3, 0.4) is 0 Å². The van der Waals surface area contributed by atoms with Crippen molar-refractivity contribution in [2.75, 3.05) is 0 Å². The van der Waals surface area contributed by atoms with E-state index in [-0.39, 0.29) is 18.0 Å². The molecule has 1 saturated heterocycles. The number of carbonyl (C=O) groups excluding carboxylic acids is 4. The largest absolute Gasteiger partial charge is 0.444 e. The molecule has 3 N–H and O–H groups in total. The van der Waals surface area contributed by atoms with Crippen LogP contribution in [0, 0.1) is 0 Å². The molecule has 2 aromatic carbocycles. The Hall–Kier alpha value is -3.33. The number of rotatable bonds is 9. The first-order valence-corrected chi connectivity index (χ1v) is 13.1. The summed E-state index contributed by atoms with van der Waals surface area (Å²) in [5, 5.41) is 8.15. The van der Waals surface area contributed by atoms with Crippen LogP contribution in [0.4, 0.5) is 4.79 Å². The standard InChI is InChI=1S/C28H35N3O5S/c1-27(2,3)36-26(35)30-21(17-19-14-10-7-11-15-19)23(32)29-20(16-18-12-8-6-9-13-18)24(33)31-22-25(34)37-28(22,4)5/h6-15,20-22H,16-17H2,1-5H3,(H,29,32)(H,30,35)(H,31,33)/t20-,21-,22+/m0/s1. The van der Waals surface area contributed by atoms with Gasteiger partial charge in [-0.05, 0) is 45.7 Å². The summed E-state index contributed by atoms with van der Waals surface area (Å²) in [5.74, 6) is -0.987. The monoisotopic (exact) mass is 525 g/mol. The molecule has 1 fully saturated rings. The topological polar surface area (TPSA) is 114 Å². The number of alkyl carbamates (subject to hydrolysis) is 1. The Balaban J connectivity index is 1.80. The normalized spacial score (nSPS) is 18.1. The molecule has 8 nitrogen and oxygen atoms in total. The molecule has 0 radical (unpaired) electrons. The third-order valence-corrected chi connectivity index (χ3v) is 6.99. The maximum absolute atomic E-state index is 13.5. The molecule has 0 spiro atoms. The first kappa shape index (κ1) is 28.2. The van der Waals surface area contributed by atoms with Gasteiger partial charge in [-0.2, -0.15) is 0 Å². The van der Waals surface area contributed by atoms with Gasteiger partial charge in [0.1, 0.15) is 23.7 Å². The molecular formula is C28H35N3O5S. The summed E-state index contributed by atoms with van der Waals surface area (Å²) < 4.78 is 4.94. The summed E-state index contributed by atoms with van der Waals surface area (Å²) in [7, 11) is 0. The van der Waals surface area contributed by atoms with Gasteiger partial charge < -0.3 is 20.7 Å². The summed E-state index contributed by atoms with van der Waals surface area (Å²) >= 11 is 1.18. The van der Waals surface area contributed by atoms with Crippen LogP contribution in [0.15, 0.2) is 60.7 Å². The Kier molecular flexibility index (Phi) is 9.02. The lowest BCUT2D eigenvalue weighted by molar-refractivity contribution is -0.131. The summed E-state index contributed by atoms with van der Waals surface area (Å²) in [4.78, 5) is 51.5. The summed E-state index contributed by atoms with van der Waals surface area (Å²) in [6, 6.07) is 16.0. The van der Waals surface area contributed by atoms with Gasteiger partial charge in [0.15, 0.2) is 0 Å². The first-order valence-electron chi connectivity index (χ1n) is 12.2. The molecule has 3 atom stereocenters. The highest BCUT2D eigenvalue weighted by Gasteiger charge is 2.49. The van der Waals surface area contributed by atoms with Crippen LogP contribution in [0.25, 0.3) is 0 Å². The van der Waals surface area contributed by atoms with Crippen molar-refractivity contribution in [2.24, 2.45) is 0 Å². The number of amides is 3. The molecule has 0 bridgehead atoms. The average Bonchev–Trinajstić information content (AvgIpc) is 2.81. The zero-order valence-electron chi connectivity index (χ0n) is 21.9. The molecule has 2 aromatic rings. The highest BCUT2D eigenvalue weighted by molar-refractivity contribution is 8.17. The minimum absolute atomic E-state index is 0.114. The predicted octanol–water partition coefficient (Wildman–Crippen LogP) is 3.39. The number of ether oxygens (including phenoxy) is 1. The number of nitrogens with one attached hydrogen (secondary N) is 3.